The highest BCUT2D eigenvalue weighted by molar-refractivity contribution is 5.53. The van der Waals surface area contributed by atoms with Gasteiger partial charge in [0, 0.05) is 18.1 Å². The summed E-state index contributed by atoms with van der Waals surface area (Å²) in [5, 5.41) is 8.98. The monoisotopic (exact) mass is 253 g/mol. The molecule has 0 atom stereocenters. The number of benzene rings is 1. The molecule has 1 aromatic heterocycles. The van der Waals surface area contributed by atoms with Gasteiger partial charge in [0.2, 0.25) is 0 Å². The lowest BCUT2D eigenvalue weighted by molar-refractivity contribution is 0.310. The summed E-state index contributed by atoms with van der Waals surface area (Å²) in [6.07, 6.45) is 5.38. The molecule has 0 saturated carbocycles. The summed E-state index contributed by atoms with van der Waals surface area (Å²) in [6, 6.07) is 11.2. The Morgan fingerprint density at radius 3 is 2.74 bits per heavy atom. The normalized spacial score (nSPS) is 9.84. The number of aromatic nitrogens is 1. The standard InChI is InChI=1S/C15H15N3O/c16-11-13-10-14(17)3-4-15(13)19-9-1-2-12-5-7-18-8-6-12/h3-8,10H,1-2,9,17H2. The summed E-state index contributed by atoms with van der Waals surface area (Å²) in [6.45, 7) is 0.570. The Morgan fingerprint density at radius 1 is 1.21 bits per heavy atom. The van der Waals surface area contributed by atoms with Crippen molar-refractivity contribution in [2.24, 2.45) is 0 Å². The number of hydrogen-bond donors (Lipinski definition) is 1. The maximum atomic E-state index is 8.98. The Morgan fingerprint density at radius 2 is 2.00 bits per heavy atom. The minimum Gasteiger partial charge on any atom is -0.492 e. The summed E-state index contributed by atoms with van der Waals surface area (Å²) >= 11 is 0. The molecule has 0 fully saturated rings. The molecular weight excluding hydrogens is 238 g/mol. The first-order valence-electron chi connectivity index (χ1n) is 6.11. The highest BCUT2D eigenvalue weighted by Crippen LogP contribution is 2.20. The fourth-order valence-corrected chi connectivity index (χ4v) is 1.77. The summed E-state index contributed by atoms with van der Waals surface area (Å²) in [7, 11) is 0. The number of nitrogens with two attached hydrogens (primary N) is 1. The van der Waals surface area contributed by atoms with Crippen molar-refractivity contribution < 1.29 is 4.74 Å². The van der Waals surface area contributed by atoms with Crippen LogP contribution in [-0.2, 0) is 6.42 Å². The number of anilines is 1. The Bertz CT molecular complexity index is 576. The van der Waals surface area contributed by atoms with Gasteiger partial charge in [0.25, 0.3) is 0 Å². The SMILES string of the molecule is N#Cc1cc(N)ccc1OCCCc1ccncc1. The van der Waals surface area contributed by atoms with E-state index >= 15 is 0 Å². The van der Waals surface area contributed by atoms with Crippen LogP contribution in [0.15, 0.2) is 42.7 Å². The fraction of sp³-hybridized carbons (Fsp3) is 0.200. The highest BCUT2D eigenvalue weighted by Gasteiger charge is 2.03. The van der Waals surface area contributed by atoms with Crippen LogP contribution in [-0.4, -0.2) is 11.6 Å². The van der Waals surface area contributed by atoms with Crippen molar-refractivity contribution >= 4 is 5.69 Å². The minimum atomic E-state index is 0.476. The van der Waals surface area contributed by atoms with Crippen LogP contribution in [0, 0.1) is 11.3 Å². The second-order valence-corrected chi connectivity index (χ2v) is 4.17. The van der Waals surface area contributed by atoms with Crippen molar-refractivity contribution in [3.63, 3.8) is 0 Å². The van der Waals surface area contributed by atoms with E-state index in [1.165, 1.54) is 5.56 Å². The van der Waals surface area contributed by atoms with Crippen molar-refractivity contribution in [1.29, 1.82) is 5.26 Å². The Kier molecular flexibility index (Phi) is 4.35. The first kappa shape index (κ1) is 12.9. The third-order valence-electron chi connectivity index (χ3n) is 2.74. The maximum Gasteiger partial charge on any atom is 0.137 e. The average Bonchev–Trinajstić information content (AvgIpc) is 2.46. The number of nitrogen functional groups attached to an aromatic ring is 1. The van der Waals surface area contributed by atoms with E-state index in [4.69, 9.17) is 15.7 Å². The van der Waals surface area contributed by atoms with E-state index in [1.807, 2.05) is 12.1 Å². The van der Waals surface area contributed by atoms with Crippen LogP contribution in [0.3, 0.4) is 0 Å². The van der Waals surface area contributed by atoms with Gasteiger partial charge in [-0.15, -0.1) is 0 Å². The van der Waals surface area contributed by atoms with Crippen LogP contribution >= 0.6 is 0 Å². The zero-order valence-electron chi connectivity index (χ0n) is 10.5. The lowest BCUT2D eigenvalue weighted by atomic mass is 10.1. The molecule has 0 saturated heterocycles. The molecule has 0 spiro atoms. The summed E-state index contributed by atoms with van der Waals surface area (Å²) in [5.74, 6) is 0.589. The molecule has 2 aromatic rings. The van der Waals surface area contributed by atoms with Crippen LogP contribution in [0.1, 0.15) is 17.5 Å². The van der Waals surface area contributed by atoms with Gasteiger partial charge in [-0.3, -0.25) is 4.98 Å². The molecule has 0 aliphatic carbocycles. The number of nitrogens with zero attached hydrogens (tertiary/aromatic N) is 2. The molecule has 0 bridgehead atoms. The highest BCUT2D eigenvalue weighted by atomic mass is 16.5. The van der Waals surface area contributed by atoms with Crippen LogP contribution in [0.4, 0.5) is 5.69 Å². The lowest BCUT2D eigenvalue weighted by Gasteiger charge is -2.08. The van der Waals surface area contributed by atoms with E-state index in [0.29, 0.717) is 23.6 Å². The molecule has 19 heavy (non-hydrogen) atoms. The van der Waals surface area contributed by atoms with E-state index in [0.717, 1.165) is 12.8 Å². The number of aryl methyl sites for hydroxylation is 1. The van der Waals surface area contributed by atoms with Gasteiger partial charge in [-0.25, -0.2) is 0 Å². The zero-order chi connectivity index (χ0) is 13.5. The van der Waals surface area contributed by atoms with Gasteiger partial charge >= 0.3 is 0 Å². The molecule has 0 amide bonds. The van der Waals surface area contributed by atoms with E-state index in [2.05, 4.69) is 11.1 Å². The number of rotatable bonds is 5. The molecule has 96 valence electrons. The third kappa shape index (κ3) is 3.71. The molecule has 4 nitrogen and oxygen atoms in total. The van der Waals surface area contributed by atoms with Crippen LogP contribution in [0.2, 0.25) is 0 Å². The molecule has 2 N–H and O–H groups in total. The molecule has 1 heterocycles. The van der Waals surface area contributed by atoms with Crippen molar-refractivity contribution in [1.82, 2.24) is 4.98 Å². The smallest absolute Gasteiger partial charge is 0.137 e. The molecule has 1 aromatic carbocycles. The van der Waals surface area contributed by atoms with Gasteiger partial charge in [0.05, 0.1) is 12.2 Å². The van der Waals surface area contributed by atoms with Crippen molar-refractivity contribution in [2.75, 3.05) is 12.3 Å². The summed E-state index contributed by atoms with van der Waals surface area (Å²) < 4.78 is 5.61. The quantitative estimate of drug-likeness (QED) is 0.656. The predicted octanol–water partition coefficient (Wildman–Crippen LogP) is 2.55. The Balaban J connectivity index is 1.85. The van der Waals surface area contributed by atoms with Gasteiger partial charge in [-0.05, 0) is 48.7 Å². The van der Waals surface area contributed by atoms with Crippen molar-refractivity contribution in [2.45, 2.75) is 12.8 Å². The first-order valence-corrected chi connectivity index (χ1v) is 6.11. The fourth-order valence-electron chi connectivity index (χ4n) is 1.77. The van der Waals surface area contributed by atoms with Gasteiger partial charge in [-0.2, -0.15) is 5.26 Å². The van der Waals surface area contributed by atoms with Gasteiger partial charge in [-0.1, -0.05) is 0 Å². The average molecular weight is 253 g/mol. The second kappa shape index (κ2) is 6.41. The molecule has 0 aliphatic heterocycles. The van der Waals surface area contributed by atoms with Crippen molar-refractivity contribution in [3.8, 4) is 11.8 Å². The molecular formula is C15H15N3O. The zero-order valence-corrected chi connectivity index (χ0v) is 10.5. The Hall–Kier alpha value is -2.54. The van der Waals surface area contributed by atoms with E-state index in [9.17, 15) is 0 Å². The maximum absolute atomic E-state index is 8.98. The number of nitriles is 1. The molecule has 0 aliphatic rings. The van der Waals surface area contributed by atoms with Gasteiger partial charge in [0.1, 0.15) is 11.8 Å². The Labute approximate surface area is 112 Å². The van der Waals surface area contributed by atoms with Crippen LogP contribution in [0.5, 0.6) is 5.75 Å². The van der Waals surface area contributed by atoms with Gasteiger partial charge < -0.3 is 10.5 Å². The lowest BCUT2D eigenvalue weighted by Crippen LogP contribution is -2.01. The van der Waals surface area contributed by atoms with Crippen LogP contribution in [0.25, 0.3) is 0 Å². The molecule has 0 radical (unpaired) electrons. The van der Waals surface area contributed by atoms with E-state index in [1.54, 1.807) is 30.6 Å². The predicted molar refractivity (Wildman–Crippen MR) is 73.6 cm³/mol. The molecule has 2 rings (SSSR count). The summed E-state index contributed by atoms with van der Waals surface area (Å²) in [4.78, 5) is 3.97. The first-order chi connectivity index (χ1) is 9.29. The number of hydrogen-bond acceptors (Lipinski definition) is 4. The molecule has 4 heteroatoms. The number of ether oxygens (including phenoxy) is 1. The van der Waals surface area contributed by atoms with Crippen molar-refractivity contribution in [3.05, 3.63) is 53.9 Å². The molecule has 0 unspecified atom stereocenters. The largest absolute Gasteiger partial charge is 0.492 e. The third-order valence-corrected chi connectivity index (χ3v) is 2.74. The van der Waals surface area contributed by atoms with Gasteiger partial charge in [0.15, 0.2) is 0 Å². The second-order valence-electron chi connectivity index (χ2n) is 4.17. The van der Waals surface area contributed by atoms with E-state index < -0.39 is 0 Å². The van der Waals surface area contributed by atoms with E-state index in [-0.39, 0.29) is 0 Å². The summed E-state index contributed by atoms with van der Waals surface area (Å²) in [5.41, 5.74) is 7.90. The minimum absolute atomic E-state index is 0.476. The topological polar surface area (TPSA) is 71.9 Å². The van der Waals surface area contributed by atoms with Crippen LogP contribution < -0.4 is 10.5 Å². The number of pyridine rings is 1.